The van der Waals surface area contributed by atoms with Crippen LogP contribution in [0.4, 0.5) is 10.3 Å². The maximum atomic E-state index is 13.5. The van der Waals surface area contributed by atoms with Gasteiger partial charge in [0.25, 0.3) is 5.91 Å². The number of nitrogens with zero attached hydrogens (tertiary/aromatic N) is 4. The van der Waals surface area contributed by atoms with Crippen molar-refractivity contribution < 1.29 is 14.0 Å². The number of hydrogen-bond acceptors (Lipinski definition) is 5. The van der Waals surface area contributed by atoms with Crippen molar-refractivity contribution in [2.45, 2.75) is 51.2 Å². The van der Waals surface area contributed by atoms with Crippen LogP contribution in [-0.4, -0.2) is 56.7 Å². The first-order valence-corrected chi connectivity index (χ1v) is 11.8. The maximum Gasteiger partial charge on any atom is 0.251 e. The molecule has 0 unspecified atom stereocenters. The Morgan fingerprint density at radius 3 is 2.49 bits per heavy atom. The van der Waals surface area contributed by atoms with Gasteiger partial charge in [-0.25, -0.2) is 9.07 Å². The lowest BCUT2D eigenvalue weighted by Gasteiger charge is -2.34. The summed E-state index contributed by atoms with van der Waals surface area (Å²) >= 11 is 0. The van der Waals surface area contributed by atoms with Gasteiger partial charge < -0.3 is 5.32 Å². The summed E-state index contributed by atoms with van der Waals surface area (Å²) in [6.45, 7) is 4.60. The van der Waals surface area contributed by atoms with Gasteiger partial charge in [0.2, 0.25) is 11.9 Å². The number of nitrogens with one attached hydrogen (secondary N) is 2. The minimum atomic E-state index is -1.17. The average molecular weight is 479 g/mol. The van der Waals surface area contributed by atoms with E-state index in [9.17, 15) is 14.0 Å². The van der Waals surface area contributed by atoms with Crippen LogP contribution in [-0.2, 0) is 16.1 Å². The molecular formula is C26H31FN6O2. The van der Waals surface area contributed by atoms with E-state index < -0.39 is 11.4 Å². The highest BCUT2D eigenvalue weighted by atomic mass is 19.1. The van der Waals surface area contributed by atoms with E-state index in [-0.39, 0.29) is 23.7 Å². The summed E-state index contributed by atoms with van der Waals surface area (Å²) in [7, 11) is 1.93. The fraction of sp³-hybridized carbons (Fsp3) is 0.385. The third-order valence-electron chi connectivity index (χ3n) is 6.25. The van der Waals surface area contributed by atoms with Gasteiger partial charge in [-0.2, -0.15) is 4.98 Å². The van der Waals surface area contributed by atoms with Crippen LogP contribution in [0, 0.1) is 5.82 Å². The van der Waals surface area contributed by atoms with E-state index in [0.717, 1.165) is 31.4 Å². The fourth-order valence-corrected chi connectivity index (χ4v) is 4.19. The maximum absolute atomic E-state index is 13.5. The zero-order valence-electron chi connectivity index (χ0n) is 20.3. The molecule has 3 aromatic rings. The largest absolute Gasteiger partial charge is 0.341 e. The third-order valence-corrected chi connectivity index (χ3v) is 6.25. The van der Waals surface area contributed by atoms with Crippen LogP contribution in [0.25, 0.3) is 11.4 Å². The molecule has 1 aromatic heterocycles. The van der Waals surface area contributed by atoms with Gasteiger partial charge in [0.1, 0.15) is 11.4 Å². The lowest BCUT2D eigenvalue weighted by Crippen LogP contribution is -2.58. The number of hydrogen-bond donors (Lipinski definition) is 2. The second-order valence-electron chi connectivity index (χ2n) is 9.47. The molecule has 2 amide bonds. The molecule has 1 aliphatic rings. The van der Waals surface area contributed by atoms with E-state index in [1.807, 2.05) is 42.3 Å². The van der Waals surface area contributed by atoms with Gasteiger partial charge in [0.15, 0.2) is 5.82 Å². The van der Waals surface area contributed by atoms with Crippen molar-refractivity contribution >= 4 is 17.8 Å². The summed E-state index contributed by atoms with van der Waals surface area (Å²) in [4.78, 5) is 32.5. The number of likely N-dealkylation sites (N-methyl/N-ethyl adjacent to an activating group) is 1. The Labute approximate surface area is 204 Å². The zero-order chi connectivity index (χ0) is 25.0. The molecule has 1 saturated heterocycles. The Hall–Kier alpha value is -3.59. The molecule has 184 valence electrons. The molecule has 2 heterocycles. The Kier molecular flexibility index (Phi) is 7.25. The Bertz CT molecular complexity index is 1180. The topological polar surface area (TPSA) is 92.2 Å². The standard InChI is InChI=1S/C26H31FN6O2/c1-26(2,30-23(34)21-11-7-8-16-32(21)3)24(35)29-25-28-22(19-12-14-20(27)15-13-19)33(31-25)17-18-9-5-4-6-10-18/h4-6,9-10,12-15,21H,7-8,11,16-17H2,1-3H3,(H,30,34)(H,29,31,35)/t21-/m1/s1. The van der Waals surface area contributed by atoms with Crippen LogP contribution in [0.3, 0.4) is 0 Å². The SMILES string of the molecule is CN1CCCC[C@@H]1C(=O)NC(C)(C)C(=O)Nc1nc(-c2ccc(F)cc2)n(Cc2ccccc2)n1. The van der Waals surface area contributed by atoms with Crippen molar-refractivity contribution in [3.63, 3.8) is 0 Å². The van der Waals surface area contributed by atoms with Crippen molar-refractivity contribution in [2.75, 3.05) is 18.9 Å². The van der Waals surface area contributed by atoms with Crippen LogP contribution in [0.1, 0.15) is 38.7 Å². The van der Waals surface area contributed by atoms with Gasteiger partial charge in [-0.3, -0.25) is 19.8 Å². The predicted octanol–water partition coefficient (Wildman–Crippen LogP) is 3.45. The van der Waals surface area contributed by atoms with Crippen molar-refractivity contribution in [1.82, 2.24) is 25.0 Å². The summed E-state index contributed by atoms with van der Waals surface area (Å²) in [6, 6.07) is 15.4. The van der Waals surface area contributed by atoms with Gasteiger partial charge in [0.05, 0.1) is 12.6 Å². The summed E-state index contributed by atoms with van der Waals surface area (Å²) < 4.78 is 15.2. The molecule has 8 nitrogen and oxygen atoms in total. The highest BCUT2D eigenvalue weighted by Crippen LogP contribution is 2.22. The number of anilines is 1. The molecule has 1 atom stereocenters. The van der Waals surface area contributed by atoms with Gasteiger partial charge in [-0.05, 0) is 70.1 Å². The summed E-state index contributed by atoms with van der Waals surface area (Å²) in [5, 5.41) is 10.1. The number of halogens is 1. The Morgan fingerprint density at radius 1 is 1.09 bits per heavy atom. The molecule has 2 N–H and O–H groups in total. The number of carbonyl (C=O) groups is 2. The first kappa shape index (κ1) is 24.5. The molecule has 2 aromatic carbocycles. The summed E-state index contributed by atoms with van der Waals surface area (Å²) in [5.41, 5.74) is 0.502. The molecular weight excluding hydrogens is 447 g/mol. The minimum Gasteiger partial charge on any atom is -0.341 e. The summed E-state index contributed by atoms with van der Waals surface area (Å²) in [5.74, 6) is -0.330. The lowest BCUT2D eigenvalue weighted by molar-refractivity contribution is -0.133. The van der Waals surface area contributed by atoms with Gasteiger partial charge in [-0.1, -0.05) is 36.8 Å². The van der Waals surface area contributed by atoms with E-state index in [4.69, 9.17) is 0 Å². The summed E-state index contributed by atoms with van der Waals surface area (Å²) in [6.07, 6.45) is 2.83. The highest BCUT2D eigenvalue weighted by Gasteiger charge is 2.35. The molecule has 0 bridgehead atoms. The molecule has 4 rings (SSSR count). The van der Waals surface area contributed by atoms with E-state index in [1.54, 1.807) is 30.7 Å². The van der Waals surface area contributed by atoms with E-state index in [1.165, 1.54) is 12.1 Å². The molecule has 0 saturated carbocycles. The van der Waals surface area contributed by atoms with Crippen LogP contribution in [0.15, 0.2) is 54.6 Å². The number of carbonyl (C=O) groups excluding carboxylic acids is 2. The lowest BCUT2D eigenvalue weighted by atomic mass is 9.99. The zero-order valence-corrected chi connectivity index (χ0v) is 20.3. The molecule has 0 aliphatic carbocycles. The smallest absolute Gasteiger partial charge is 0.251 e. The third kappa shape index (κ3) is 5.92. The van der Waals surface area contributed by atoms with E-state index >= 15 is 0 Å². The van der Waals surface area contributed by atoms with Crippen molar-refractivity contribution in [1.29, 1.82) is 0 Å². The van der Waals surface area contributed by atoms with E-state index in [2.05, 4.69) is 20.7 Å². The number of rotatable bonds is 7. The normalized spacial score (nSPS) is 16.6. The average Bonchev–Trinajstić information content (AvgIpc) is 3.22. The van der Waals surface area contributed by atoms with Crippen LogP contribution in [0.2, 0.25) is 0 Å². The van der Waals surface area contributed by atoms with Gasteiger partial charge in [-0.15, -0.1) is 5.10 Å². The first-order valence-electron chi connectivity index (χ1n) is 11.8. The number of benzene rings is 2. The first-order chi connectivity index (χ1) is 16.7. The molecule has 9 heteroatoms. The molecule has 35 heavy (non-hydrogen) atoms. The van der Waals surface area contributed by atoms with Crippen LogP contribution < -0.4 is 10.6 Å². The van der Waals surface area contributed by atoms with Crippen molar-refractivity contribution in [2.24, 2.45) is 0 Å². The number of aromatic nitrogens is 3. The number of amides is 2. The van der Waals surface area contributed by atoms with Crippen LogP contribution >= 0.6 is 0 Å². The number of piperidine rings is 1. The second-order valence-corrected chi connectivity index (χ2v) is 9.47. The quantitative estimate of drug-likeness (QED) is 0.543. The Morgan fingerprint density at radius 2 is 1.80 bits per heavy atom. The fourth-order valence-electron chi connectivity index (χ4n) is 4.19. The van der Waals surface area contributed by atoms with Gasteiger partial charge in [0, 0.05) is 5.56 Å². The van der Waals surface area contributed by atoms with Crippen molar-refractivity contribution in [3.05, 3.63) is 66.0 Å². The van der Waals surface area contributed by atoms with Crippen LogP contribution in [0.5, 0.6) is 0 Å². The number of likely N-dealkylation sites (tertiary alicyclic amines) is 1. The molecule has 1 fully saturated rings. The molecule has 0 radical (unpaired) electrons. The van der Waals surface area contributed by atoms with Gasteiger partial charge >= 0.3 is 0 Å². The predicted molar refractivity (Wildman–Crippen MR) is 132 cm³/mol. The highest BCUT2D eigenvalue weighted by molar-refractivity contribution is 5.99. The Balaban J connectivity index is 1.53. The van der Waals surface area contributed by atoms with E-state index in [0.29, 0.717) is 17.9 Å². The molecule has 1 aliphatic heterocycles. The minimum absolute atomic E-state index is 0.113. The molecule has 0 spiro atoms. The monoisotopic (exact) mass is 478 g/mol. The second kappa shape index (κ2) is 10.4. The van der Waals surface area contributed by atoms with Crippen molar-refractivity contribution in [3.8, 4) is 11.4 Å².